The number of nitrogens with zero attached hydrogens (tertiary/aromatic N) is 1. The van der Waals surface area contributed by atoms with Gasteiger partial charge in [-0.2, -0.15) is 7.11 Å². The normalized spacial score (nSPS) is 11.6. The zero-order chi connectivity index (χ0) is 29.9. The van der Waals surface area contributed by atoms with Crippen molar-refractivity contribution in [1.29, 1.82) is 0 Å². The van der Waals surface area contributed by atoms with Crippen molar-refractivity contribution >= 4 is 11.6 Å². The Morgan fingerprint density at radius 3 is 2.47 bits per heavy atom. The second-order valence-corrected chi connectivity index (χ2v) is 9.81. The van der Waals surface area contributed by atoms with Crippen LogP contribution in [-0.4, -0.2) is 43.1 Å². The third kappa shape index (κ3) is 9.55. The van der Waals surface area contributed by atoms with E-state index in [9.17, 15) is 9.90 Å². The molecule has 11 heteroatoms. The third-order valence-electron chi connectivity index (χ3n) is 6.46. The summed E-state index contributed by atoms with van der Waals surface area (Å²) in [7, 11) is 0.750. The Hall–Kier alpha value is -2.38. The molecule has 0 saturated heterocycles. The number of pyridine rings is 1. The van der Waals surface area contributed by atoms with Gasteiger partial charge in [0.2, 0.25) is 0 Å². The summed E-state index contributed by atoms with van der Waals surface area (Å²) in [6.07, 6.45) is 1.72. The van der Waals surface area contributed by atoms with Gasteiger partial charge >= 0.3 is 51.4 Å². The number of fused-ring (bicyclic) bond motifs is 1. The summed E-state index contributed by atoms with van der Waals surface area (Å²) in [5.41, 5.74) is 3.78. The van der Waals surface area contributed by atoms with Crippen LogP contribution >= 0.6 is 11.6 Å². The molecule has 1 aliphatic rings. The van der Waals surface area contributed by atoms with Gasteiger partial charge in [0.05, 0.1) is 17.9 Å². The molecule has 0 fully saturated rings. The number of hydrogen-bond acceptors (Lipinski definition) is 8. The number of aryl methyl sites for hydroxylation is 1. The number of aliphatic hydroxyl groups is 1. The minimum absolute atomic E-state index is 0. The monoisotopic (exact) mass is 632 g/mol. The molecular formula is C32H34ClKN2O7. The van der Waals surface area contributed by atoms with E-state index in [1.54, 1.807) is 22.9 Å². The fourth-order valence-corrected chi connectivity index (χ4v) is 4.65. The zero-order valence-corrected chi connectivity index (χ0v) is 28.5. The van der Waals surface area contributed by atoms with E-state index in [1.807, 2.05) is 61.5 Å². The molecule has 2 heterocycles. The van der Waals surface area contributed by atoms with E-state index >= 15 is 0 Å². The molecule has 0 atom stereocenters. The van der Waals surface area contributed by atoms with Crippen molar-refractivity contribution in [2.45, 2.75) is 26.7 Å². The summed E-state index contributed by atoms with van der Waals surface area (Å²) in [4.78, 5) is 13.3. The maximum atomic E-state index is 13.3. The van der Waals surface area contributed by atoms with Crippen LogP contribution in [0.25, 0.3) is 5.69 Å². The van der Waals surface area contributed by atoms with Crippen LogP contribution in [0.1, 0.15) is 22.3 Å². The molecule has 0 spiro atoms. The molecule has 0 aliphatic carbocycles. The average molecular weight is 633 g/mol. The number of aromatic nitrogens is 1. The van der Waals surface area contributed by atoms with E-state index in [-0.39, 0.29) is 70.2 Å². The van der Waals surface area contributed by atoms with Gasteiger partial charge in [0.1, 0.15) is 37.9 Å². The number of nitrogens with one attached hydrogen (secondary N) is 1. The van der Waals surface area contributed by atoms with Crippen LogP contribution in [0.2, 0.25) is 5.02 Å². The van der Waals surface area contributed by atoms with E-state index in [4.69, 9.17) is 35.7 Å². The van der Waals surface area contributed by atoms with Crippen LogP contribution in [0.5, 0.6) is 23.0 Å². The first-order valence-electron chi connectivity index (χ1n) is 13.5. The van der Waals surface area contributed by atoms with Crippen LogP contribution in [0.4, 0.5) is 0 Å². The molecule has 0 bridgehead atoms. The van der Waals surface area contributed by atoms with Crippen molar-refractivity contribution in [2.75, 3.05) is 33.5 Å². The van der Waals surface area contributed by atoms with Gasteiger partial charge in [0.15, 0.2) is 11.5 Å². The van der Waals surface area contributed by atoms with Gasteiger partial charge in [0, 0.05) is 42.0 Å². The molecule has 0 amide bonds. The predicted molar refractivity (Wildman–Crippen MR) is 159 cm³/mol. The molecule has 2 N–H and O–H groups in total. The topological polar surface area (TPSA) is 114 Å². The molecule has 0 saturated carbocycles. The molecule has 1 aliphatic heterocycles. The summed E-state index contributed by atoms with van der Waals surface area (Å²) in [6, 6.07) is 20.4. The van der Waals surface area contributed by atoms with Crippen molar-refractivity contribution in [1.82, 2.24) is 9.88 Å². The van der Waals surface area contributed by atoms with E-state index in [0.717, 1.165) is 23.8 Å². The van der Waals surface area contributed by atoms with Gasteiger partial charge in [0.25, 0.3) is 5.56 Å². The summed E-state index contributed by atoms with van der Waals surface area (Å²) < 4.78 is 25.2. The second kappa shape index (κ2) is 17.8. The minimum Gasteiger partial charge on any atom is -0.857 e. The Labute approximate surface area is 298 Å². The number of halogens is 1. The van der Waals surface area contributed by atoms with Gasteiger partial charge in [-0.25, -0.2) is 0 Å². The van der Waals surface area contributed by atoms with E-state index < -0.39 is 0 Å². The first-order chi connectivity index (χ1) is 20.5. The van der Waals surface area contributed by atoms with Gasteiger partial charge in [-0.15, -0.1) is 0 Å². The van der Waals surface area contributed by atoms with Crippen LogP contribution < -0.4 is 86.3 Å². The van der Waals surface area contributed by atoms with Gasteiger partial charge in [-0.05, 0) is 60.5 Å². The summed E-state index contributed by atoms with van der Waals surface area (Å²) in [6.45, 7) is 4.37. The summed E-state index contributed by atoms with van der Waals surface area (Å²) in [5, 5.41) is 21.3. The number of hydrogen-bond donors (Lipinski definition) is 2. The molecule has 5 rings (SSSR count). The molecule has 9 nitrogen and oxygen atoms in total. The summed E-state index contributed by atoms with van der Waals surface area (Å²) in [5.74, 6) is 2.54. The molecule has 0 radical (unpaired) electrons. The Bertz CT molecular complexity index is 1550. The van der Waals surface area contributed by atoms with E-state index in [1.165, 1.54) is 0 Å². The smallest absolute Gasteiger partial charge is 0.857 e. The fraction of sp³-hybridized carbons (Fsp3) is 0.281. The first kappa shape index (κ1) is 35.1. The number of benzene rings is 3. The third-order valence-corrected chi connectivity index (χ3v) is 6.69. The van der Waals surface area contributed by atoms with Gasteiger partial charge in [-0.1, -0.05) is 23.7 Å². The SMILES string of the molecule is C[O-].Cc1cc(CNCCO)c(OCc2cccc(Cl)c2)cc1OCc1cccn(-c2ccc3c(c2)OCCO3)c1=O.[K+]. The molecular weight excluding hydrogens is 599 g/mol. The Kier molecular flexibility index (Phi) is 14.5. The fourth-order valence-electron chi connectivity index (χ4n) is 4.44. The number of aliphatic hydroxyl groups excluding tert-OH is 1. The molecule has 222 valence electrons. The molecule has 4 aromatic rings. The van der Waals surface area contributed by atoms with Crippen molar-refractivity contribution < 1.29 is 80.5 Å². The largest absolute Gasteiger partial charge is 1.00 e. The molecule has 3 aromatic carbocycles. The zero-order valence-electron chi connectivity index (χ0n) is 24.6. The first-order valence-corrected chi connectivity index (χ1v) is 13.9. The van der Waals surface area contributed by atoms with E-state index in [2.05, 4.69) is 5.32 Å². The molecule has 0 unspecified atom stereocenters. The minimum atomic E-state index is -0.181. The van der Waals surface area contributed by atoms with Crippen molar-refractivity contribution in [3.63, 3.8) is 0 Å². The quantitative estimate of drug-likeness (QED) is 0.184. The maximum absolute atomic E-state index is 13.3. The molecule has 43 heavy (non-hydrogen) atoms. The standard InChI is InChI=1S/C31H31ClN2O6.CH3O.K/c1-21-14-24(18-33-9-11-35)29(39-19-22-4-2-6-25(32)15-22)17-28(21)40-20-23-5-3-10-34(31(23)36)26-7-8-27-30(16-26)38-13-12-37-27;1-2;/h2-8,10,14-17,33,35H,9,11-13,18-20H2,1H3;1H3;/q;-1;+1. The van der Waals surface area contributed by atoms with Crippen LogP contribution in [0, 0.1) is 6.92 Å². The number of ether oxygens (including phenoxy) is 4. The second-order valence-electron chi connectivity index (χ2n) is 9.37. The Morgan fingerprint density at radius 2 is 1.70 bits per heavy atom. The number of rotatable bonds is 11. The van der Waals surface area contributed by atoms with Gasteiger partial charge < -0.3 is 34.5 Å². The summed E-state index contributed by atoms with van der Waals surface area (Å²) >= 11 is 6.13. The molecule has 1 aromatic heterocycles. The predicted octanol–water partition coefficient (Wildman–Crippen LogP) is 0.791. The maximum Gasteiger partial charge on any atom is 1.00 e. The van der Waals surface area contributed by atoms with Crippen molar-refractivity contribution in [3.05, 3.63) is 111 Å². The van der Waals surface area contributed by atoms with Gasteiger partial charge in [-0.3, -0.25) is 9.36 Å². The van der Waals surface area contributed by atoms with Crippen molar-refractivity contribution in [3.8, 4) is 28.7 Å². The van der Waals surface area contributed by atoms with Crippen LogP contribution in [0.3, 0.4) is 0 Å². The van der Waals surface area contributed by atoms with E-state index in [0.29, 0.717) is 72.2 Å². The Morgan fingerprint density at radius 1 is 0.930 bits per heavy atom. The Balaban J connectivity index is 0.00000165. The van der Waals surface area contributed by atoms with Crippen LogP contribution in [0.15, 0.2) is 77.7 Å². The van der Waals surface area contributed by atoms with Crippen LogP contribution in [-0.2, 0) is 19.8 Å². The van der Waals surface area contributed by atoms with Crippen molar-refractivity contribution in [2.24, 2.45) is 0 Å². The average Bonchev–Trinajstić information content (AvgIpc) is 3.01.